The number of esters is 1. The second-order valence-corrected chi connectivity index (χ2v) is 4.52. The minimum absolute atomic E-state index is 0.0389. The third-order valence-electron chi connectivity index (χ3n) is 4.01. The average molecular weight is 182 g/mol. The van der Waals surface area contributed by atoms with Crippen molar-refractivity contribution in [1.29, 1.82) is 0 Å². The second-order valence-electron chi connectivity index (χ2n) is 4.52. The number of fused-ring (bicyclic) bond motifs is 1. The predicted octanol–water partition coefficient (Wildman–Crippen LogP) is 0.830. The highest BCUT2D eigenvalue weighted by Crippen LogP contribution is 2.57. The standard InChI is InChI=1S/C10H14O3/c1-12-4-7-5-2-6-8(3-5)13-10(11)9(6)7/h5-9H,2-4H2,1H3. The van der Waals surface area contributed by atoms with Gasteiger partial charge < -0.3 is 9.47 Å². The van der Waals surface area contributed by atoms with Gasteiger partial charge in [0.1, 0.15) is 6.10 Å². The third kappa shape index (κ3) is 0.857. The molecule has 2 saturated carbocycles. The van der Waals surface area contributed by atoms with Crippen LogP contribution in [0, 0.1) is 23.7 Å². The summed E-state index contributed by atoms with van der Waals surface area (Å²) in [6, 6.07) is 0. The van der Waals surface area contributed by atoms with Gasteiger partial charge in [0.05, 0.1) is 12.5 Å². The fourth-order valence-corrected chi connectivity index (χ4v) is 3.55. The zero-order chi connectivity index (χ0) is 9.00. The van der Waals surface area contributed by atoms with Gasteiger partial charge in [-0.25, -0.2) is 0 Å². The summed E-state index contributed by atoms with van der Waals surface area (Å²) < 4.78 is 10.5. The lowest BCUT2D eigenvalue weighted by atomic mass is 9.80. The van der Waals surface area contributed by atoms with E-state index in [2.05, 4.69) is 0 Å². The van der Waals surface area contributed by atoms with E-state index in [1.165, 1.54) is 6.42 Å². The van der Waals surface area contributed by atoms with Crippen LogP contribution in [0.15, 0.2) is 0 Å². The quantitative estimate of drug-likeness (QED) is 0.593. The molecule has 3 nitrogen and oxygen atoms in total. The van der Waals surface area contributed by atoms with Gasteiger partial charge in [-0.1, -0.05) is 0 Å². The van der Waals surface area contributed by atoms with Crippen LogP contribution in [0.2, 0.25) is 0 Å². The van der Waals surface area contributed by atoms with Gasteiger partial charge in [-0.2, -0.15) is 0 Å². The summed E-state index contributed by atoms with van der Waals surface area (Å²) in [4.78, 5) is 11.5. The van der Waals surface area contributed by atoms with Gasteiger partial charge in [0.25, 0.3) is 0 Å². The molecule has 0 aromatic rings. The van der Waals surface area contributed by atoms with Crippen molar-refractivity contribution in [3.63, 3.8) is 0 Å². The molecule has 3 aliphatic rings. The van der Waals surface area contributed by atoms with Crippen LogP contribution >= 0.6 is 0 Å². The van der Waals surface area contributed by atoms with Crippen LogP contribution in [0.1, 0.15) is 12.8 Å². The summed E-state index contributed by atoms with van der Waals surface area (Å²) in [7, 11) is 1.71. The molecule has 0 aromatic carbocycles. The molecule has 3 rings (SSSR count). The summed E-state index contributed by atoms with van der Waals surface area (Å²) in [6.07, 6.45) is 2.53. The highest BCUT2D eigenvalue weighted by atomic mass is 16.6. The first kappa shape index (κ1) is 7.80. The number of hydrogen-bond acceptors (Lipinski definition) is 3. The fourth-order valence-electron chi connectivity index (χ4n) is 3.55. The summed E-state index contributed by atoms with van der Waals surface area (Å²) >= 11 is 0. The van der Waals surface area contributed by atoms with Crippen molar-refractivity contribution in [2.45, 2.75) is 18.9 Å². The maximum Gasteiger partial charge on any atom is 0.310 e. The summed E-state index contributed by atoms with van der Waals surface area (Å²) in [5.74, 6) is 1.87. The Kier molecular flexibility index (Phi) is 1.48. The van der Waals surface area contributed by atoms with Crippen LogP contribution in [-0.2, 0) is 14.3 Å². The van der Waals surface area contributed by atoms with Gasteiger partial charge in [-0.05, 0) is 24.7 Å². The molecule has 0 N–H and O–H groups in total. The van der Waals surface area contributed by atoms with Crippen LogP contribution in [0.4, 0.5) is 0 Å². The van der Waals surface area contributed by atoms with Crippen LogP contribution in [0.25, 0.3) is 0 Å². The van der Waals surface area contributed by atoms with E-state index in [9.17, 15) is 4.79 Å². The molecule has 0 aromatic heterocycles. The maximum atomic E-state index is 11.5. The lowest BCUT2D eigenvalue weighted by molar-refractivity contribution is -0.144. The zero-order valence-electron chi connectivity index (χ0n) is 7.73. The van der Waals surface area contributed by atoms with Gasteiger partial charge in [0.2, 0.25) is 0 Å². The van der Waals surface area contributed by atoms with Crippen molar-refractivity contribution in [2.75, 3.05) is 13.7 Å². The van der Waals surface area contributed by atoms with Crippen LogP contribution in [-0.4, -0.2) is 25.8 Å². The van der Waals surface area contributed by atoms with Crippen molar-refractivity contribution >= 4 is 5.97 Å². The minimum Gasteiger partial charge on any atom is -0.462 e. The molecule has 5 atom stereocenters. The number of methoxy groups -OCH3 is 1. The summed E-state index contributed by atoms with van der Waals surface area (Å²) in [5, 5.41) is 0. The average Bonchev–Trinajstić information content (AvgIpc) is 2.65. The number of hydrogen-bond donors (Lipinski definition) is 0. The molecule has 3 heteroatoms. The Labute approximate surface area is 77.4 Å². The van der Waals surface area contributed by atoms with Crippen molar-refractivity contribution in [1.82, 2.24) is 0 Å². The van der Waals surface area contributed by atoms with E-state index in [4.69, 9.17) is 9.47 Å². The molecule has 0 spiro atoms. The number of rotatable bonds is 2. The molecule has 2 bridgehead atoms. The molecule has 1 aliphatic heterocycles. The van der Waals surface area contributed by atoms with E-state index in [1.54, 1.807) is 7.11 Å². The molecule has 13 heavy (non-hydrogen) atoms. The molecule has 1 saturated heterocycles. The van der Waals surface area contributed by atoms with E-state index in [0.717, 1.165) is 13.0 Å². The number of carbonyl (C=O) groups is 1. The van der Waals surface area contributed by atoms with E-state index in [0.29, 0.717) is 17.8 Å². The third-order valence-corrected chi connectivity index (χ3v) is 4.01. The number of carbonyl (C=O) groups excluding carboxylic acids is 1. The Bertz CT molecular complexity index is 249. The summed E-state index contributed by atoms with van der Waals surface area (Å²) in [6.45, 7) is 0.730. The van der Waals surface area contributed by atoms with E-state index >= 15 is 0 Å². The molecule has 72 valence electrons. The van der Waals surface area contributed by atoms with Gasteiger partial charge in [-0.15, -0.1) is 0 Å². The highest BCUT2D eigenvalue weighted by Gasteiger charge is 2.61. The fraction of sp³-hybridized carbons (Fsp3) is 0.900. The lowest BCUT2D eigenvalue weighted by Gasteiger charge is -2.23. The van der Waals surface area contributed by atoms with Crippen LogP contribution in [0.5, 0.6) is 0 Å². The van der Waals surface area contributed by atoms with Crippen molar-refractivity contribution in [2.24, 2.45) is 23.7 Å². The Morgan fingerprint density at radius 1 is 1.54 bits per heavy atom. The first-order chi connectivity index (χ1) is 6.31. The zero-order valence-corrected chi connectivity index (χ0v) is 7.73. The topological polar surface area (TPSA) is 35.5 Å². The van der Waals surface area contributed by atoms with Crippen LogP contribution < -0.4 is 0 Å². The molecular weight excluding hydrogens is 168 g/mol. The molecule has 1 heterocycles. The SMILES string of the molecule is COCC1C2CC3OC(=O)C1C3C2. The van der Waals surface area contributed by atoms with Crippen molar-refractivity contribution in [3.8, 4) is 0 Å². The first-order valence-corrected chi connectivity index (χ1v) is 5.00. The highest BCUT2D eigenvalue weighted by molar-refractivity contribution is 5.77. The lowest BCUT2D eigenvalue weighted by Crippen LogP contribution is -2.29. The second kappa shape index (κ2) is 2.47. The molecule has 2 aliphatic carbocycles. The smallest absolute Gasteiger partial charge is 0.310 e. The summed E-state index contributed by atoms with van der Waals surface area (Å²) in [5.41, 5.74) is 0. The molecule has 0 amide bonds. The van der Waals surface area contributed by atoms with E-state index in [1.807, 2.05) is 0 Å². The minimum atomic E-state index is 0.0389. The number of ether oxygens (including phenoxy) is 2. The van der Waals surface area contributed by atoms with Gasteiger partial charge in [-0.3, -0.25) is 4.79 Å². The normalized spacial score (nSPS) is 51.5. The predicted molar refractivity (Wildman–Crippen MR) is 45.0 cm³/mol. The Morgan fingerprint density at radius 3 is 3.15 bits per heavy atom. The Balaban J connectivity index is 1.88. The van der Waals surface area contributed by atoms with Crippen molar-refractivity contribution < 1.29 is 14.3 Å². The largest absolute Gasteiger partial charge is 0.462 e. The van der Waals surface area contributed by atoms with Gasteiger partial charge in [0.15, 0.2) is 0 Å². The molecular formula is C10H14O3. The van der Waals surface area contributed by atoms with Gasteiger partial charge in [0, 0.05) is 13.0 Å². The molecule has 3 fully saturated rings. The Hall–Kier alpha value is -0.570. The molecule has 5 unspecified atom stereocenters. The monoisotopic (exact) mass is 182 g/mol. The van der Waals surface area contributed by atoms with E-state index < -0.39 is 0 Å². The van der Waals surface area contributed by atoms with Gasteiger partial charge >= 0.3 is 5.97 Å². The van der Waals surface area contributed by atoms with Crippen molar-refractivity contribution in [3.05, 3.63) is 0 Å². The molecule has 0 radical (unpaired) electrons. The van der Waals surface area contributed by atoms with E-state index in [-0.39, 0.29) is 18.0 Å². The maximum absolute atomic E-state index is 11.5. The Morgan fingerprint density at radius 2 is 2.38 bits per heavy atom. The first-order valence-electron chi connectivity index (χ1n) is 5.00. The van der Waals surface area contributed by atoms with Crippen LogP contribution in [0.3, 0.4) is 0 Å².